The van der Waals surface area contributed by atoms with E-state index in [0.717, 1.165) is 92.4 Å². The molecule has 8 aliphatic carbocycles. The van der Waals surface area contributed by atoms with E-state index in [-0.39, 0.29) is 29.6 Å². The Balaban J connectivity index is 1.24. The molecule has 0 aromatic heterocycles. The summed E-state index contributed by atoms with van der Waals surface area (Å²) in [5.74, 6) is 2.82. The Hall–Kier alpha value is -1.57. The van der Waals surface area contributed by atoms with E-state index >= 15 is 0 Å². The van der Waals surface area contributed by atoms with Gasteiger partial charge < -0.3 is 20.4 Å². The molecule has 0 aliphatic heterocycles. The molecule has 272 valence electrons. The molecule has 1 aromatic carbocycles. The number of nitrogens with zero attached hydrogens (tertiary/aromatic N) is 1. The number of benzene rings is 1. The van der Waals surface area contributed by atoms with E-state index in [9.17, 15) is 25.2 Å². The number of rotatable bonds is 9. The van der Waals surface area contributed by atoms with E-state index in [1.54, 1.807) is 0 Å². The third-order valence-electron chi connectivity index (χ3n) is 14.8. The minimum absolute atomic E-state index is 0.0276. The van der Waals surface area contributed by atoms with E-state index in [1.165, 1.54) is 50.5 Å². The first kappa shape index (κ1) is 35.8. The molecule has 4 N–H and O–H groups in total. The molecular formula is C43H65NO5. The molecule has 0 radical (unpaired) electrons. The van der Waals surface area contributed by atoms with Crippen LogP contribution in [0, 0.1) is 34.5 Å². The summed E-state index contributed by atoms with van der Waals surface area (Å²) in [4.78, 5) is 16.8. The number of fused-ring (bicyclic) bond motifs is 8. The van der Waals surface area contributed by atoms with Gasteiger partial charge in [-0.25, -0.2) is 0 Å². The number of hydrogen-bond donors (Lipinski definition) is 4. The highest BCUT2D eigenvalue weighted by molar-refractivity contribution is 5.99. The van der Waals surface area contributed by atoms with Crippen LogP contribution < -0.4 is 0 Å². The lowest BCUT2D eigenvalue weighted by molar-refractivity contribution is -0.114. The van der Waals surface area contributed by atoms with E-state index in [4.69, 9.17) is 0 Å². The van der Waals surface area contributed by atoms with Crippen molar-refractivity contribution in [1.29, 1.82) is 0 Å². The van der Waals surface area contributed by atoms with Crippen molar-refractivity contribution in [2.75, 3.05) is 26.2 Å². The highest BCUT2D eigenvalue weighted by Gasteiger charge is 2.58. The number of aliphatic hydroxyl groups is 4. The lowest BCUT2D eigenvalue weighted by atomic mass is 9.49. The zero-order chi connectivity index (χ0) is 34.4. The Morgan fingerprint density at radius 3 is 2.33 bits per heavy atom. The van der Waals surface area contributed by atoms with Gasteiger partial charge in [0.25, 0.3) is 0 Å². The quantitative estimate of drug-likeness (QED) is 0.161. The maximum atomic E-state index is 14.4. The monoisotopic (exact) mass is 675 g/mol. The largest absolute Gasteiger partial charge is 0.394 e. The predicted molar refractivity (Wildman–Crippen MR) is 194 cm³/mol. The number of hydrogen-bond acceptors (Lipinski definition) is 6. The van der Waals surface area contributed by atoms with E-state index < -0.39 is 23.2 Å². The van der Waals surface area contributed by atoms with Crippen LogP contribution in [0.1, 0.15) is 150 Å². The molecule has 6 heteroatoms. The Morgan fingerprint density at radius 2 is 1.65 bits per heavy atom. The number of Topliss-reactive ketones (excluding diaryl/α,β-unsaturated/α-hetero) is 1. The Bertz CT molecular complexity index is 1330. The van der Waals surface area contributed by atoms with Crippen molar-refractivity contribution in [1.82, 2.24) is 4.90 Å². The zero-order valence-electron chi connectivity index (χ0n) is 30.6. The molecule has 0 spiro atoms. The fraction of sp³-hybridized carbons (Fsp3) is 0.791. The molecule has 8 aliphatic rings. The summed E-state index contributed by atoms with van der Waals surface area (Å²) in [7, 11) is 0. The molecule has 6 nitrogen and oxygen atoms in total. The summed E-state index contributed by atoms with van der Waals surface area (Å²) < 4.78 is 0. The molecule has 1 aromatic rings. The lowest BCUT2D eigenvalue weighted by Gasteiger charge is -2.58. The van der Waals surface area contributed by atoms with Crippen molar-refractivity contribution in [3.05, 3.63) is 46.5 Å². The minimum Gasteiger partial charge on any atom is -0.394 e. The molecule has 0 saturated heterocycles. The van der Waals surface area contributed by atoms with Gasteiger partial charge in [-0.15, -0.1) is 0 Å². The summed E-state index contributed by atoms with van der Waals surface area (Å²) >= 11 is 0. The summed E-state index contributed by atoms with van der Waals surface area (Å²) in [6, 6.07) is 6.43. The van der Waals surface area contributed by atoms with Crippen LogP contribution in [0.4, 0.5) is 0 Å². The van der Waals surface area contributed by atoms with Crippen LogP contribution in [0.5, 0.6) is 0 Å². The third-order valence-corrected chi connectivity index (χ3v) is 14.8. The first-order valence-corrected chi connectivity index (χ1v) is 20.2. The van der Waals surface area contributed by atoms with Crippen LogP contribution in [0.25, 0.3) is 0 Å². The second-order valence-corrected chi connectivity index (χ2v) is 18.6. The van der Waals surface area contributed by atoms with E-state index in [0.29, 0.717) is 32.4 Å². The van der Waals surface area contributed by atoms with Gasteiger partial charge in [0.15, 0.2) is 5.78 Å². The summed E-state index contributed by atoms with van der Waals surface area (Å²) in [6.45, 7) is 5.93. The van der Waals surface area contributed by atoms with Crippen molar-refractivity contribution < 1.29 is 25.2 Å². The smallest absolute Gasteiger partial charge is 0.166 e. The molecule has 0 heterocycles. The standard InChI is InChI=1S/C43H65NO5/c1-29-7-6-15-41(2)39(37-13-11-30(20-35(46)12-10-29)21-38(37)40(48)34-8-4-3-5-9-34)14-16-43(41,49)28-44(25-36(47)26-45)27-42-22-31-17-32(23-42)19-33(18-31)24-42/h7,11,13,21,31-36,39,45-47,49H,3-6,8-10,12,14-20,22-28H2,1-2H3. The minimum atomic E-state index is -1.01. The molecule has 6 bridgehead atoms. The summed E-state index contributed by atoms with van der Waals surface area (Å²) in [5, 5.41) is 44.9. The van der Waals surface area contributed by atoms with Gasteiger partial charge in [0.05, 0.1) is 24.4 Å². The van der Waals surface area contributed by atoms with Gasteiger partial charge in [0.1, 0.15) is 0 Å². The molecule has 0 amide bonds. The van der Waals surface area contributed by atoms with Crippen molar-refractivity contribution in [2.45, 2.75) is 153 Å². The first-order valence-electron chi connectivity index (χ1n) is 20.2. The van der Waals surface area contributed by atoms with Crippen LogP contribution in [0.15, 0.2) is 29.8 Å². The Kier molecular flexibility index (Phi) is 10.6. The molecule has 6 saturated carbocycles. The lowest BCUT2D eigenvalue weighted by Crippen LogP contribution is -2.57. The summed E-state index contributed by atoms with van der Waals surface area (Å²) in [6.07, 6.45) is 19.5. The molecule has 9 rings (SSSR count). The molecule has 49 heavy (non-hydrogen) atoms. The second-order valence-electron chi connectivity index (χ2n) is 18.6. The van der Waals surface area contributed by atoms with Crippen molar-refractivity contribution in [3.63, 3.8) is 0 Å². The fourth-order valence-electron chi connectivity index (χ4n) is 12.7. The molecule has 5 atom stereocenters. The van der Waals surface area contributed by atoms with Gasteiger partial charge >= 0.3 is 0 Å². The van der Waals surface area contributed by atoms with Gasteiger partial charge in [-0.2, -0.15) is 0 Å². The topological polar surface area (TPSA) is 101 Å². The van der Waals surface area contributed by atoms with Gasteiger partial charge in [-0.05, 0) is 150 Å². The SMILES string of the molecule is CC1=CCCC2(C)C(CCC2(O)CN(CC(O)CO)CC23CC4CC(CC(C4)C2)C3)c2ccc(cc2C(=O)C2CCCCC2)CC(O)CC1. The molecule has 6 fully saturated rings. The van der Waals surface area contributed by atoms with Gasteiger partial charge in [0.2, 0.25) is 0 Å². The van der Waals surface area contributed by atoms with Crippen LogP contribution in [0.2, 0.25) is 0 Å². The average molecular weight is 676 g/mol. The number of carbonyl (C=O) groups is 1. The third kappa shape index (κ3) is 7.38. The number of allylic oxidation sites excluding steroid dienone is 2. The van der Waals surface area contributed by atoms with Crippen LogP contribution in [-0.2, 0) is 6.42 Å². The van der Waals surface area contributed by atoms with E-state index in [1.807, 2.05) is 0 Å². The van der Waals surface area contributed by atoms with Gasteiger partial charge in [-0.1, -0.05) is 50.0 Å². The summed E-state index contributed by atoms with van der Waals surface area (Å²) in [5.41, 5.74) is 3.00. The Labute approximate surface area is 295 Å². The maximum absolute atomic E-state index is 14.4. The Morgan fingerprint density at radius 1 is 0.959 bits per heavy atom. The number of ketones is 1. The zero-order valence-corrected chi connectivity index (χ0v) is 30.6. The maximum Gasteiger partial charge on any atom is 0.166 e. The van der Waals surface area contributed by atoms with Crippen LogP contribution in [0.3, 0.4) is 0 Å². The van der Waals surface area contributed by atoms with E-state index in [2.05, 4.69) is 43.0 Å². The highest BCUT2D eigenvalue weighted by atomic mass is 16.3. The average Bonchev–Trinajstić information content (AvgIpc) is 3.31. The van der Waals surface area contributed by atoms with Crippen LogP contribution in [-0.4, -0.2) is 75.2 Å². The predicted octanol–water partition coefficient (Wildman–Crippen LogP) is 7.36. The van der Waals surface area contributed by atoms with Crippen molar-refractivity contribution >= 4 is 5.78 Å². The second kappa shape index (κ2) is 14.5. The molecular weight excluding hydrogens is 610 g/mol. The normalized spacial score (nSPS) is 38.8. The van der Waals surface area contributed by atoms with Crippen LogP contribution >= 0.6 is 0 Å². The van der Waals surface area contributed by atoms with Crippen molar-refractivity contribution in [3.8, 4) is 0 Å². The van der Waals surface area contributed by atoms with Gasteiger partial charge in [-0.3, -0.25) is 9.69 Å². The van der Waals surface area contributed by atoms with Gasteiger partial charge in [0, 0.05) is 36.5 Å². The van der Waals surface area contributed by atoms with Crippen molar-refractivity contribution in [2.24, 2.45) is 34.5 Å². The first-order chi connectivity index (χ1) is 23.5. The number of aliphatic hydroxyl groups excluding tert-OH is 3. The molecule has 5 unspecified atom stereocenters. The number of carbonyl (C=O) groups excluding carboxylic acids is 1. The fourth-order valence-corrected chi connectivity index (χ4v) is 12.7. The highest BCUT2D eigenvalue weighted by Crippen LogP contribution is 2.62.